The van der Waals surface area contributed by atoms with E-state index in [1.165, 1.54) is 18.5 Å². The summed E-state index contributed by atoms with van der Waals surface area (Å²) in [5, 5.41) is 0.726. The molecule has 118 valence electrons. The molecule has 0 fully saturated rings. The fraction of sp³-hybridized carbons (Fsp3) is 0.267. The lowest BCUT2D eigenvalue weighted by Crippen LogP contribution is -2.10. The van der Waals surface area contributed by atoms with Crippen LogP contribution >= 0.6 is 23.2 Å². The zero-order chi connectivity index (χ0) is 16.5. The fourth-order valence-corrected chi connectivity index (χ4v) is 3.88. The van der Waals surface area contributed by atoms with Gasteiger partial charge < -0.3 is 0 Å². The highest BCUT2D eigenvalue weighted by Crippen LogP contribution is 2.39. The molecule has 1 aromatic heterocycles. The van der Waals surface area contributed by atoms with Crippen molar-refractivity contribution < 1.29 is 13.0 Å². The minimum Gasteiger partial charge on any atom is -0.282 e. The normalized spacial score (nSPS) is 13.1. The van der Waals surface area contributed by atoms with Crippen molar-refractivity contribution >= 4 is 33.3 Å². The molecule has 1 atom stereocenters. The van der Waals surface area contributed by atoms with Gasteiger partial charge in [-0.2, -0.15) is 8.42 Å². The molecule has 0 bridgehead atoms. The predicted octanol–water partition coefficient (Wildman–Crippen LogP) is 4.49. The second-order valence-electron chi connectivity index (χ2n) is 4.99. The number of benzene rings is 1. The number of aromatic nitrogens is 1. The molecule has 7 heteroatoms. The van der Waals surface area contributed by atoms with Gasteiger partial charge in [0.25, 0.3) is 10.1 Å². The zero-order valence-electron chi connectivity index (χ0n) is 12.0. The van der Waals surface area contributed by atoms with Crippen LogP contribution in [0.15, 0.2) is 35.5 Å². The van der Waals surface area contributed by atoms with Crippen molar-refractivity contribution in [2.75, 3.05) is 0 Å². The van der Waals surface area contributed by atoms with Crippen molar-refractivity contribution in [2.24, 2.45) is 0 Å². The van der Waals surface area contributed by atoms with E-state index in [0.717, 1.165) is 5.56 Å². The first kappa shape index (κ1) is 17.2. The summed E-state index contributed by atoms with van der Waals surface area (Å²) in [7, 11) is -4.34. The van der Waals surface area contributed by atoms with Crippen LogP contribution in [-0.4, -0.2) is 18.0 Å². The van der Waals surface area contributed by atoms with Gasteiger partial charge in [0, 0.05) is 18.3 Å². The molecule has 2 aromatic rings. The van der Waals surface area contributed by atoms with E-state index in [1.54, 1.807) is 12.1 Å². The third kappa shape index (κ3) is 3.43. The Labute approximate surface area is 139 Å². The van der Waals surface area contributed by atoms with Crippen molar-refractivity contribution in [1.29, 1.82) is 0 Å². The molecule has 0 spiro atoms. The second kappa shape index (κ2) is 6.54. The summed E-state index contributed by atoms with van der Waals surface area (Å²) < 4.78 is 32.8. The van der Waals surface area contributed by atoms with E-state index in [-0.39, 0.29) is 10.8 Å². The fourth-order valence-electron chi connectivity index (χ4n) is 2.51. The van der Waals surface area contributed by atoms with Crippen LogP contribution < -0.4 is 0 Å². The van der Waals surface area contributed by atoms with E-state index in [2.05, 4.69) is 4.98 Å². The molecule has 1 heterocycles. The monoisotopic (exact) mass is 359 g/mol. The van der Waals surface area contributed by atoms with Gasteiger partial charge in [-0.15, -0.1) is 0 Å². The molecule has 0 aliphatic carbocycles. The van der Waals surface area contributed by atoms with E-state index in [9.17, 15) is 13.0 Å². The van der Waals surface area contributed by atoms with E-state index >= 15 is 0 Å². The highest BCUT2D eigenvalue weighted by atomic mass is 35.5. The number of halogens is 2. The van der Waals surface area contributed by atoms with Gasteiger partial charge in [-0.25, -0.2) is 0 Å². The Bertz CT molecular complexity index is 786. The summed E-state index contributed by atoms with van der Waals surface area (Å²) in [5.41, 5.74) is 1.96. The number of hydrogen-bond donors (Lipinski definition) is 1. The number of aryl methyl sites for hydroxylation is 1. The molecule has 0 aliphatic rings. The molecule has 0 saturated heterocycles. The van der Waals surface area contributed by atoms with Crippen molar-refractivity contribution in [3.8, 4) is 0 Å². The average Bonchev–Trinajstić information content (AvgIpc) is 2.41. The molecule has 0 amide bonds. The minimum absolute atomic E-state index is 0.131. The summed E-state index contributed by atoms with van der Waals surface area (Å²) in [6.07, 6.45) is 3.50. The van der Waals surface area contributed by atoms with Crippen LogP contribution in [0.2, 0.25) is 10.0 Å². The van der Waals surface area contributed by atoms with Gasteiger partial charge in [0.05, 0.1) is 14.9 Å². The standard InChI is InChI=1S/C15H15Cl2NO3S/c1-3-10(15-12(16)7-18-8-13(15)17)11-6-9(2)4-5-14(11)22(19,20)21/h4-8,10H,3H2,1-2H3,(H,19,20,21). The third-order valence-electron chi connectivity index (χ3n) is 3.47. The number of rotatable bonds is 4. The third-order valence-corrected chi connectivity index (χ3v) is 5.00. The Balaban J connectivity index is 2.75. The van der Waals surface area contributed by atoms with Gasteiger partial charge in [0.2, 0.25) is 0 Å². The maximum absolute atomic E-state index is 11.7. The van der Waals surface area contributed by atoms with E-state index in [1.807, 2.05) is 13.8 Å². The molecule has 0 aliphatic heterocycles. The first-order chi connectivity index (χ1) is 10.3. The van der Waals surface area contributed by atoms with Gasteiger partial charge in [0.15, 0.2) is 0 Å². The number of nitrogens with zero attached hydrogens (tertiary/aromatic N) is 1. The summed E-state index contributed by atoms with van der Waals surface area (Å²) in [6, 6.07) is 4.76. The van der Waals surface area contributed by atoms with Crippen molar-refractivity contribution in [3.05, 3.63) is 57.3 Å². The molecule has 2 rings (SSSR count). The first-order valence-electron chi connectivity index (χ1n) is 6.62. The van der Waals surface area contributed by atoms with Crippen LogP contribution in [0.1, 0.15) is 36.0 Å². The van der Waals surface area contributed by atoms with Crippen LogP contribution in [-0.2, 0) is 10.1 Å². The maximum atomic E-state index is 11.7. The quantitative estimate of drug-likeness (QED) is 0.816. The molecule has 4 nitrogen and oxygen atoms in total. The van der Waals surface area contributed by atoms with Crippen molar-refractivity contribution in [1.82, 2.24) is 4.98 Å². The highest BCUT2D eigenvalue weighted by molar-refractivity contribution is 7.85. The van der Waals surface area contributed by atoms with Crippen LogP contribution in [0.5, 0.6) is 0 Å². The average molecular weight is 360 g/mol. The Kier molecular flexibility index (Phi) is 5.12. The largest absolute Gasteiger partial charge is 0.294 e. The lowest BCUT2D eigenvalue weighted by molar-refractivity contribution is 0.481. The van der Waals surface area contributed by atoms with Crippen LogP contribution in [0, 0.1) is 6.92 Å². The molecular weight excluding hydrogens is 345 g/mol. The molecule has 22 heavy (non-hydrogen) atoms. The van der Waals surface area contributed by atoms with Gasteiger partial charge in [0.1, 0.15) is 0 Å². The lowest BCUT2D eigenvalue weighted by atomic mass is 9.88. The van der Waals surface area contributed by atoms with E-state index < -0.39 is 10.1 Å². The van der Waals surface area contributed by atoms with E-state index in [4.69, 9.17) is 23.2 Å². The minimum atomic E-state index is -4.34. The van der Waals surface area contributed by atoms with Gasteiger partial charge >= 0.3 is 0 Å². The molecule has 1 unspecified atom stereocenters. The Morgan fingerprint density at radius 1 is 1.23 bits per heavy atom. The van der Waals surface area contributed by atoms with Gasteiger partial charge in [-0.05, 0) is 30.5 Å². The topological polar surface area (TPSA) is 67.3 Å². The Morgan fingerprint density at radius 2 is 1.82 bits per heavy atom. The molecular formula is C15H15Cl2NO3S. The lowest BCUT2D eigenvalue weighted by Gasteiger charge is -2.21. The predicted molar refractivity (Wildman–Crippen MR) is 87.4 cm³/mol. The second-order valence-corrected chi connectivity index (χ2v) is 7.20. The molecule has 1 aromatic carbocycles. The van der Waals surface area contributed by atoms with E-state index in [0.29, 0.717) is 27.6 Å². The zero-order valence-corrected chi connectivity index (χ0v) is 14.4. The Hall–Kier alpha value is -1.14. The molecule has 0 saturated carbocycles. The van der Waals surface area contributed by atoms with Gasteiger partial charge in [-0.1, -0.05) is 47.8 Å². The highest BCUT2D eigenvalue weighted by Gasteiger charge is 2.25. The first-order valence-corrected chi connectivity index (χ1v) is 8.82. The van der Waals surface area contributed by atoms with Crippen LogP contribution in [0.25, 0.3) is 0 Å². The number of pyridine rings is 1. The van der Waals surface area contributed by atoms with Gasteiger partial charge in [-0.3, -0.25) is 9.54 Å². The summed E-state index contributed by atoms with van der Waals surface area (Å²) in [4.78, 5) is 3.78. The Morgan fingerprint density at radius 3 is 2.32 bits per heavy atom. The summed E-state index contributed by atoms with van der Waals surface area (Å²) >= 11 is 12.4. The SMILES string of the molecule is CCC(c1cc(C)ccc1S(=O)(=O)O)c1c(Cl)cncc1Cl. The number of hydrogen-bond acceptors (Lipinski definition) is 3. The summed E-state index contributed by atoms with van der Waals surface area (Å²) in [6.45, 7) is 3.74. The molecule has 1 N–H and O–H groups in total. The van der Waals surface area contributed by atoms with Crippen LogP contribution in [0.3, 0.4) is 0 Å². The molecule has 0 radical (unpaired) electrons. The van der Waals surface area contributed by atoms with Crippen molar-refractivity contribution in [2.45, 2.75) is 31.1 Å². The summed E-state index contributed by atoms with van der Waals surface area (Å²) in [5.74, 6) is -0.361. The van der Waals surface area contributed by atoms with Crippen molar-refractivity contribution in [3.63, 3.8) is 0 Å². The maximum Gasteiger partial charge on any atom is 0.294 e. The van der Waals surface area contributed by atoms with Crippen LogP contribution in [0.4, 0.5) is 0 Å². The smallest absolute Gasteiger partial charge is 0.282 e.